The molecule has 0 radical (unpaired) electrons. The number of hydrogen-bond donors (Lipinski definition) is 0. The fourth-order valence-electron chi connectivity index (χ4n) is 3.43. The van der Waals surface area contributed by atoms with E-state index in [1.54, 1.807) is 31.4 Å². The van der Waals surface area contributed by atoms with Gasteiger partial charge >= 0.3 is 0 Å². The van der Waals surface area contributed by atoms with Crippen LogP contribution in [0.2, 0.25) is 0 Å². The summed E-state index contributed by atoms with van der Waals surface area (Å²) in [6.45, 7) is 2.52. The van der Waals surface area contributed by atoms with Crippen molar-refractivity contribution in [1.29, 1.82) is 0 Å². The fourth-order valence-corrected chi connectivity index (χ4v) is 3.43. The highest BCUT2D eigenvalue weighted by Crippen LogP contribution is 2.32. The largest absolute Gasteiger partial charge is 0.497 e. The Morgan fingerprint density at radius 1 is 0.793 bits per heavy atom. The van der Waals surface area contributed by atoms with Crippen LogP contribution in [-0.4, -0.2) is 16.9 Å². The van der Waals surface area contributed by atoms with Gasteiger partial charge in [-0.15, -0.1) is 0 Å². The van der Waals surface area contributed by atoms with E-state index in [9.17, 15) is 8.78 Å². The first kappa shape index (κ1) is 18.9. The van der Waals surface area contributed by atoms with Crippen LogP contribution in [0, 0.1) is 18.6 Å². The van der Waals surface area contributed by atoms with Gasteiger partial charge in [0.2, 0.25) is 0 Å². The zero-order valence-corrected chi connectivity index (χ0v) is 16.2. The molecule has 146 valence electrons. The molecule has 4 aromatic rings. The van der Waals surface area contributed by atoms with Crippen molar-refractivity contribution in [2.24, 2.45) is 0 Å². The lowest BCUT2D eigenvalue weighted by molar-refractivity contribution is 0.414. The van der Waals surface area contributed by atoms with Gasteiger partial charge in [0.1, 0.15) is 17.4 Å². The molecule has 0 bridgehead atoms. The molecule has 0 aliphatic heterocycles. The minimum atomic E-state index is -0.289. The monoisotopic (exact) mass is 390 g/mol. The zero-order chi connectivity index (χ0) is 20.4. The van der Waals surface area contributed by atoms with Crippen molar-refractivity contribution in [3.8, 4) is 28.3 Å². The van der Waals surface area contributed by atoms with Gasteiger partial charge < -0.3 is 4.74 Å². The standard InChI is InChI=1S/C24H20F2N2O/c1-16-23(18-5-9-20(25)10-6-18)27-28(15-17-3-13-22(29-2)14-4-17)24(16)19-7-11-21(26)12-8-19/h3-14H,15H2,1-2H3. The van der Waals surface area contributed by atoms with Crippen molar-refractivity contribution >= 4 is 0 Å². The molecule has 1 heterocycles. The van der Waals surface area contributed by atoms with Crippen LogP contribution in [0.5, 0.6) is 5.75 Å². The number of nitrogens with zero attached hydrogens (tertiary/aromatic N) is 2. The molecule has 3 aromatic carbocycles. The minimum Gasteiger partial charge on any atom is -0.497 e. The van der Waals surface area contributed by atoms with E-state index in [0.29, 0.717) is 6.54 Å². The summed E-state index contributed by atoms with van der Waals surface area (Å²) in [7, 11) is 1.63. The Balaban J connectivity index is 1.81. The Morgan fingerprint density at radius 3 is 1.90 bits per heavy atom. The Bertz CT molecular complexity index is 1120. The predicted molar refractivity (Wildman–Crippen MR) is 110 cm³/mol. The normalized spacial score (nSPS) is 10.9. The summed E-state index contributed by atoms with van der Waals surface area (Å²) in [4.78, 5) is 0. The number of halogens is 2. The second-order valence-corrected chi connectivity index (χ2v) is 6.84. The van der Waals surface area contributed by atoms with Crippen molar-refractivity contribution in [1.82, 2.24) is 9.78 Å². The third kappa shape index (κ3) is 3.90. The molecule has 5 heteroatoms. The molecule has 0 saturated carbocycles. The smallest absolute Gasteiger partial charge is 0.123 e. The summed E-state index contributed by atoms with van der Waals surface area (Å²) in [5.41, 5.74) is 5.40. The topological polar surface area (TPSA) is 27.1 Å². The summed E-state index contributed by atoms with van der Waals surface area (Å²) in [5, 5.41) is 4.82. The van der Waals surface area contributed by atoms with Crippen molar-refractivity contribution in [3.63, 3.8) is 0 Å². The second kappa shape index (κ2) is 7.87. The van der Waals surface area contributed by atoms with Crippen molar-refractivity contribution < 1.29 is 13.5 Å². The molecule has 1 aromatic heterocycles. The highest BCUT2D eigenvalue weighted by atomic mass is 19.1. The average molecular weight is 390 g/mol. The third-order valence-electron chi connectivity index (χ3n) is 4.92. The second-order valence-electron chi connectivity index (χ2n) is 6.84. The molecule has 29 heavy (non-hydrogen) atoms. The van der Waals surface area contributed by atoms with Crippen molar-refractivity contribution in [2.75, 3.05) is 7.11 Å². The minimum absolute atomic E-state index is 0.286. The van der Waals surface area contributed by atoms with E-state index in [1.165, 1.54) is 24.3 Å². The molecular weight excluding hydrogens is 370 g/mol. The molecule has 0 N–H and O–H groups in total. The molecule has 0 amide bonds. The Labute approximate surface area is 168 Å². The van der Waals surface area contributed by atoms with Gasteiger partial charge in [0.15, 0.2) is 0 Å². The van der Waals surface area contributed by atoms with Crippen LogP contribution in [0.1, 0.15) is 11.1 Å². The first-order valence-electron chi connectivity index (χ1n) is 9.27. The molecule has 4 rings (SSSR count). The summed E-state index contributed by atoms with van der Waals surface area (Å²) in [6.07, 6.45) is 0. The molecule has 0 fully saturated rings. The van der Waals surface area contributed by atoms with E-state index in [1.807, 2.05) is 35.9 Å². The molecular formula is C24H20F2N2O. The molecule has 0 unspecified atom stereocenters. The maximum atomic E-state index is 13.5. The summed E-state index contributed by atoms with van der Waals surface area (Å²) in [6, 6.07) is 20.5. The quantitative estimate of drug-likeness (QED) is 0.427. The lowest BCUT2D eigenvalue weighted by Gasteiger charge is -2.10. The van der Waals surface area contributed by atoms with E-state index in [0.717, 1.165) is 39.4 Å². The van der Waals surface area contributed by atoms with Crippen molar-refractivity contribution in [2.45, 2.75) is 13.5 Å². The lowest BCUT2D eigenvalue weighted by atomic mass is 10.0. The van der Waals surface area contributed by atoms with E-state index in [-0.39, 0.29) is 11.6 Å². The maximum absolute atomic E-state index is 13.5. The van der Waals surface area contributed by atoms with Gasteiger partial charge in [-0.1, -0.05) is 12.1 Å². The SMILES string of the molecule is COc1ccc(Cn2nc(-c3ccc(F)cc3)c(C)c2-c2ccc(F)cc2)cc1. The number of hydrogen-bond acceptors (Lipinski definition) is 2. The van der Waals surface area contributed by atoms with Crippen LogP contribution in [0.15, 0.2) is 72.8 Å². The summed E-state index contributed by atoms with van der Waals surface area (Å²) >= 11 is 0. The van der Waals surface area contributed by atoms with Gasteiger partial charge in [0.25, 0.3) is 0 Å². The van der Waals surface area contributed by atoms with E-state index in [2.05, 4.69) is 0 Å². The third-order valence-corrected chi connectivity index (χ3v) is 4.92. The van der Waals surface area contributed by atoms with Crippen LogP contribution in [0.3, 0.4) is 0 Å². The van der Waals surface area contributed by atoms with Gasteiger partial charge in [0, 0.05) is 16.7 Å². The van der Waals surface area contributed by atoms with Crippen LogP contribution in [0.4, 0.5) is 8.78 Å². The molecule has 3 nitrogen and oxygen atoms in total. The highest BCUT2D eigenvalue weighted by molar-refractivity contribution is 5.74. The number of aromatic nitrogens is 2. The summed E-state index contributed by atoms with van der Waals surface area (Å²) in [5.74, 6) is 0.213. The van der Waals surface area contributed by atoms with Gasteiger partial charge in [0.05, 0.1) is 25.0 Å². The van der Waals surface area contributed by atoms with Gasteiger partial charge in [-0.25, -0.2) is 8.78 Å². The molecule has 0 spiro atoms. The van der Waals surface area contributed by atoms with E-state index >= 15 is 0 Å². The van der Waals surface area contributed by atoms with Crippen LogP contribution < -0.4 is 4.74 Å². The first-order valence-corrected chi connectivity index (χ1v) is 9.27. The number of methoxy groups -OCH3 is 1. The van der Waals surface area contributed by atoms with Crippen LogP contribution in [-0.2, 0) is 6.54 Å². The van der Waals surface area contributed by atoms with Gasteiger partial charge in [-0.05, 0) is 73.2 Å². The van der Waals surface area contributed by atoms with Crippen molar-refractivity contribution in [3.05, 3.63) is 95.6 Å². The Morgan fingerprint density at radius 2 is 1.34 bits per heavy atom. The molecule has 0 saturated heterocycles. The Kier molecular flexibility index (Phi) is 5.12. The number of benzene rings is 3. The Hall–Kier alpha value is -3.47. The lowest BCUT2D eigenvalue weighted by Crippen LogP contribution is -2.04. The molecule has 0 aliphatic rings. The highest BCUT2D eigenvalue weighted by Gasteiger charge is 2.18. The molecule has 0 atom stereocenters. The zero-order valence-electron chi connectivity index (χ0n) is 16.2. The van der Waals surface area contributed by atoms with Gasteiger partial charge in [-0.3, -0.25) is 4.68 Å². The van der Waals surface area contributed by atoms with Crippen LogP contribution >= 0.6 is 0 Å². The predicted octanol–water partition coefficient (Wildman–Crippen LogP) is 5.86. The van der Waals surface area contributed by atoms with Crippen LogP contribution in [0.25, 0.3) is 22.5 Å². The number of ether oxygens (including phenoxy) is 1. The first-order chi connectivity index (χ1) is 14.0. The maximum Gasteiger partial charge on any atom is 0.123 e. The van der Waals surface area contributed by atoms with E-state index in [4.69, 9.17) is 9.84 Å². The van der Waals surface area contributed by atoms with E-state index < -0.39 is 0 Å². The fraction of sp³-hybridized carbons (Fsp3) is 0.125. The summed E-state index contributed by atoms with van der Waals surface area (Å²) < 4.78 is 34.0. The van der Waals surface area contributed by atoms with Gasteiger partial charge in [-0.2, -0.15) is 5.10 Å². The molecule has 0 aliphatic carbocycles. The number of rotatable bonds is 5. The average Bonchev–Trinajstić information content (AvgIpc) is 3.06.